The van der Waals surface area contributed by atoms with Crippen LogP contribution in [-0.2, 0) is 17.9 Å². The van der Waals surface area contributed by atoms with E-state index in [4.69, 9.17) is 9.47 Å². The number of carbonyl (C=O) groups excluding carboxylic acids is 1. The Bertz CT molecular complexity index is 1040. The molecule has 0 aliphatic carbocycles. The molecule has 1 amide bonds. The van der Waals surface area contributed by atoms with Gasteiger partial charge >= 0.3 is 0 Å². The Labute approximate surface area is 204 Å². The average Bonchev–Trinajstić information content (AvgIpc) is 2.86. The Kier molecular flexibility index (Phi) is 8.53. The number of benzene rings is 3. The van der Waals surface area contributed by atoms with E-state index < -0.39 is 0 Å². The average molecular weight is 509 g/mol. The number of carbonyl (C=O) groups is 1. The van der Waals surface area contributed by atoms with Crippen LogP contribution in [0.4, 0.5) is 0 Å². The monoisotopic (exact) mass is 508 g/mol. The topological polar surface area (TPSA) is 42.0 Å². The van der Waals surface area contributed by atoms with Gasteiger partial charge in [0.1, 0.15) is 12.4 Å². The Morgan fingerprint density at radius 1 is 0.939 bits per heavy atom. The maximum Gasteiger partial charge on any atom is 0.254 e. The molecule has 3 aromatic rings. The van der Waals surface area contributed by atoms with E-state index in [1.54, 1.807) is 0 Å². The SMILES string of the molecule is O=C(c1cccc(Br)c1)N(CCN1CCOCC1)Cc1cccc(OCc2ccccc2)c1. The summed E-state index contributed by atoms with van der Waals surface area (Å²) in [5.74, 6) is 0.833. The van der Waals surface area contributed by atoms with Gasteiger partial charge in [-0.1, -0.05) is 64.5 Å². The second-order valence-electron chi connectivity index (χ2n) is 8.11. The zero-order valence-corrected chi connectivity index (χ0v) is 20.2. The first-order valence-electron chi connectivity index (χ1n) is 11.3. The lowest BCUT2D eigenvalue weighted by atomic mass is 10.1. The Morgan fingerprint density at radius 2 is 1.70 bits per heavy atom. The fourth-order valence-corrected chi connectivity index (χ4v) is 4.24. The van der Waals surface area contributed by atoms with E-state index in [9.17, 15) is 4.79 Å². The summed E-state index contributed by atoms with van der Waals surface area (Å²) in [5, 5.41) is 0. The molecule has 5 nitrogen and oxygen atoms in total. The van der Waals surface area contributed by atoms with Crippen molar-refractivity contribution in [2.75, 3.05) is 39.4 Å². The molecule has 1 saturated heterocycles. The van der Waals surface area contributed by atoms with Gasteiger partial charge in [0.15, 0.2) is 0 Å². The maximum absolute atomic E-state index is 13.4. The molecule has 0 aromatic heterocycles. The Hall–Kier alpha value is -2.67. The van der Waals surface area contributed by atoms with Crippen LogP contribution in [0.15, 0.2) is 83.3 Å². The van der Waals surface area contributed by atoms with Crippen LogP contribution >= 0.6 is 15.9 Å². The molecule has 1 aliphatic heterocycles. The van der Waals surface area contributed by atoms with Crippen LogP contribution in [0.3, 0.4) is 0 Å². The van der Waals surface area contributed by atoms with Crippen molar-refractivity contribution in [3.63, 3.8) is 0 Å². The summed E-state index contributed by atoms with van der Waals surface area (Å²) < 4.78 is 12.4. The minimum absolute atomic E-state index is 0.0279. The van der Waals surface area contributed by atoms with Gasteiger partial charge in [0, 0.05) is 42.8 Å². The van der Waals surface area contributed by atoms with Gasteiger partial charge in [0.2, 0.25) is 0 Å². The molecule has 6 heteroatoms. The molecule has 0 radical (unpaired) electrons. The molecule has 0 unspecified atom stereocenters. The highest BCUT2D eigenvalue weighted by molar-refractivity contribution is 9.10. The van der Waals surface area contributed by atoms with E-state index in [1.807, 2.05) is 83.8 Å². The van der Waals surface area contributed by atoms with E-state index >= 15 is 0 Å². The van der Waals surface area contributed by atoms with Crippen LogP contribution in [0, 0.1) is 0 Å². The van der Waals surface area contributed by atoms with Gasteiger partial charge in [-0.15, -0.1) is 0 Å². The number of ether oxygens (including phenoxy) is 2. The highest BCUT2D eigenvalue weighted by atomic mass is 79.9. The van der Waals surface area contributed by atoms with Crippen LogP contribution < -0.4 is 4.74 Å². The molecule has 0 spiro atoms. The summed E-state index contributed by atoms with van der Waals surface area (Å²) in [4.78, 5) is 17.7. The number of rotatable bonds is 9. The van der Waals surface area contributed by atoms with Gasteiger partial charge in [0.25, 0.3) is 5.91 Å². The van der Waals surface area contributed by atoms with Crippen molar-refractivity contribution in [1.82, 2.24) is 9.80 Å². The first-order chi connectivity index (χ1) is 16.2. The number of hydrogen-bond donors (Lipinski definition) is 0. The van der Waals surface area contributed by atoms with Gasteiger partial charge in [-0.3, -0.25) is 9.69 Å². The van der Waals surface area contributed by atoms with Crippen molar-refractivity contribution in [2.45, 2.75) is 13.2 Å². The van der Waals surface area contributed by atoms with Crippen LogP contribution in [0.5, 0.6) is 5.75 Å². The van der Waals surface area contributed by atoms with Crippen molar-refractivity contribution in [2.24, 2.45) is 0 Å². The quantitative estimate of drug-likeness (QED) is 0.407. The number of nitrogens with zero attached hydrogens (tertiary/aromatic N) is 2. The van der Waals surface area contributed by atoms with Crippen LogP contribution in [0.25, 0.3) is 0 Å². The molecule has 33 heavy (non-hydrogen) atoms. The van der Waals surface area contributed by atoms with Crippen molar-refractivity contribution < 1.29 is 14.3 Å². The summed E-state index contributed by atoms with van der Waals surface area (Å²) in [6.45, 7) is 5.83. The van der Waals surface area contributed by atoms with E-state index in [2.05, 4.69) is 20.8 Å². The molecule has 172 valence electrons. The summed E-state index contributed by atoms with van der Waals surface area (Å²) in [6.07, 6.45) is 0. The summed E-state index contributed by atoms with van der Waals surface area (Å²) >= 11 is 3.48. The Morgan fingerprint density at radius 3 is 2.48 bits per heavy atom. The van der Waals surface area contributed by atoms with E-state index in [-0.39, 0.29) is 5.91 Å². The lowest BCUT2D eigenvalue weighted by Crippen LogP contribution is -2.42. The second kappa shape index (κ2) is 12.0. The first-order valence-corrected chi connectivity index (χ1v) is 12.1. The van der Waals surface area contributed by atoms with Crippen LogP contribution in [0.2, 0.25) is 0 Å². The van der Waals surface area contributed by atoms with Gasteiger partial charge in [-0.05, 0) is 41.5 Å². The van der Waals surface area contributed by atoms with E-state index in [1.165, 1.54) is 0 Å². The van der Waals surface area contributed by atoms with Gasteiger partial charge in [-0.2, -0.15) is 0 Å². The molecule has 1 aliphatic rings. The predicted octanol–water partition coefficient (Wildman–Crippen LogP) is 5.00. The standard InChI is InChI=1S/C27H29BrN2O3/c28-25-10-5-9-24(19-25)27(31)30(13-12-29-14-16-32-17-15-29)20-23-8-4-11-26(18-23)33-21-22-6-2-1-3-7-22/h1-11,18-19H,12-17,20-21H2. The first kappa shape index (κ1) is 23.5. The van der Waals surface area contributed by atoms with Gasteiger partial charge < -0.3 is 14.4 Å². The van der Waals surface area contributed by atoms with Gasteiger partial charge in [-0.25, -0.2) is 0 Å². The smallest absolute Gasteiger partial charge is 0.254 e. The molecule has 0 saturated carbocycles. The fraction of sp³-hybridized carbons (Fsp3) is 0.296. The molecule has 0 bridgehead atoms. The fourth-order valence-electron chi connectivity index (χ4n) is 3.84. The lowest BCUT2D eigenvalue weighted by Gasteiger charge is -2.30. The molecule has 0 atom stereocenters. The molecule has 3 aromatic carbocycles. The zero-order chi connectivity index (χ0) is 22.9. The number of amides is 1. The molecule has 4 rings (SSSR count). The molecule has 1 fully saturated rings. The number of morpholine rings is 1. The third-order valence-electron chi connectivity index (χ3n) is 5.67. The molecule has 0 N–H and O–H groups in total. The normalized spacial score (nSPS) is 14.1. The lowest BCUT2D eigenvalue weighted by molar-refractivity contribution is 0.0320. The highest BCUT2D eigenvalue weighted by Gasteiger charge is 2.19. The van der Waals surface area contributed by atoms with E-state index in [0.717, 1.165) is 54.2 Å². The molecule has 1 heterocycles. The summed E-state index contributed by atoms with van der Waals surface area (Å²) in [7, 11) is 0. The minimum atomic E-state index is 0.0279. The summed E-state index contributed by atoms with van der Waals surface area (Å²) in [5.41, 5.74) is 2.86. The predicted molar refractivity (Wildman–Crippen MR) is 133 cm³/mol. The number of hydrogen-bond acceptors (Lipinski definition) is 4. The van der Waals surface area contributed by atoms with Crippen molar-refractivity contribution >= 4 is 21.8 Å². The van der Waals surface area contributed by atoms with E-state index in [0.29, 0.717) is 25.3 Å². The Balaban J connectivity index is 1.46. The summed E-state index contributed by atoms with van der Waals surface area (Å²) in [6, 6.07) is 25.7. The van der Waals surface area contributed by atoms with Crippen LogP contribution in [0.1, 0.15) is 21.5 Å². The van der Waals surface area contributed by atoms with Crippen LogP contribution in [-0.4, -0.2) is 55.1 Å². The molecular formula is C27H29BrN2O3. The number of halogens is 1. The second-order valence-corrected chi connectivity index (χ2v) is 9.03. The molecular weight excluding hydrogens is 480 g/mol. The van der Waals surface area contributed by atoms with Crippen molar-refractivity contribution in [3.05, 3.63) is 100 Å². The third kappa shape index (κ3) is 7.16. The van der Waals surface area contributed by atoms with Crippen molar-refractivity contribution in [3.8, 4) is 5.75 Å². The third-order valence-corrected chi connectivity index (χ3v) is 6.16. The van der Waals surface area contributed by atoms with Crippen molar-refractivity contribution in [1.29, 1.82) is 0 Å². The maximum atomic E-state index is 13.4. The largest absolute Gasteiger partial charge is 0.489 e. The van der Waals surface area contributed by atoms with Gasteiger partial charge in [0.05, 0.1) is 13.2 Å². The minimum Gasteiger partial charge on any atom is -0.489 e. The highest BCUT2D eigenvalue weighted by Crippen LogP contribution is 2.19. The zero-order valence-electron chi connectivity index (χ0n) is 18.7.